The summed E-state index contributed by atoms with van der Waals surface area (Å²) in [5.41, 5.74) is 0.190. The lowest BCUT2D eigenvalue weighted by atomic mass is 10.2. The van der Waals surface area contributed by atoms with Crippen molar-refractivity contribution in [1.82, 2.24) is 9.59 Å². The first-order valence-corrected chi connectivity index (χ1v) is 13.2. The molecular formula is C22H22ClFN4O7S2. The van der Waals surface area contributed by atoms with Gasteiger partial charge < -0.3 is 19.4 Å². The molecule has 2 aromatic carbocycles. The van der Waals surface area contributed by atoms with Crippen LogP contribution in [0, 0.1) is 5.82 Å². The van der Waals surface area contributed by atoms with Gasteiger partial charge in [0.05, 0.1) is 37.7 Å². The van der Waals surface area contributed by atoms with Crippen molar-refractivity contribution in [3.63, 3.8) is 0 Å². The third-order valence-electron chi connectivity index (χ3n) is 5.20. The van der Waals surface area contributed by atoms with Crippen molar-refractivity contribution >= 4 is 56.2 Å². The van der Waals surface area contributed by atoms with E-state index in [2.05, 4.69) is 9.59 Å². The van der Waals surface area contributed by atoms with Crippen LogP contribution in [0.15, 0.2) is 41.4 Å². The number of unbranched alkanes of at least 4 members (excludes halogenated alkanes) is 1. The monoisotopic (exact) mass is 572 g/mol. The van der Waals surface area contributed by atoms with Crippen LogP contribution in [0.5, 0.6) is 11.5 Å². The zero-order valence-corrected chi connectivity index (χ0v) is 22.0. The van der Waals surface area contributed by atoms with Gasteiger partial charge in [-0.15, -0.1) is 5.10 Å². The molecule has 0 aliphatic rings. The van der Waals surface area contributed by atoms with Gasteiger partial charge in [-0.1, -0.05) is 16.1 Å². The highest BCUT2D eigenvalue weighted by molar-refractivity contribution is 7.93. The second-order valence-corrected chi connectivity index (χ2v) is 10.4. The number of hydrogen-bond acceptors (Lipinski definition) is 9. The molecule has 0 saturated carbocycles. The molecule has 0 radical (unpaired) electrons. The molecule has 0 unspecified atom stereocenters. The minimum Gasteiger partial charge on any atom is -0.497 e. The predicted molar refractivity (Wildman–Crippen MR) is 135 cm³/mol. The number of anilines is 2. The van der Waals surface area contributed by atoms with Gasteiger partial charge in [0, 0.05) is 42.2 Å². The number of sulfonamides is 1. The maximum atomic E-state index is 15.3. The molecule has 1 aromatic heterocycles. The van der Waals surface area contributed by atoms with E-state index < -0.39 is 26.8 Å². The quantitative estimate of drug-likeness (QED) is 0.250. The molecule has 0 fully saturated rings. The number of rotatable bonds is 12. The highest BCUT2D eigenvalue weighted by atomic mass is 35.5. The number of carbonyl (C=O) groups excluding carboxylic acids is 1. The summed E-state index contributed by atoms with van der Waals surface area (Å²) in [6.07, 6.45) is 0.656. The number of ether oxygens (including phenoxy) is 2. The number of aromatic nitrogens is 2. The van der Waals surface area contributed by atoms with Crippen LogP contribution < -0.4 is 18.7 Å². The minimum atomic E-state index is -4.59. The molecule has 0 atom stereocenters. The van der Waals surface area contributed by atoms with Crippen LogP contribution in [0.25, 0.3) is 0 Å². The number of halogens is 2. The van der Waals surface area contributed by atoms with Crippen LogP contribution in [0.3, 0.4) is 0 Å². The fourth-order valence-corrected chi connectivity index (χ4v) is 5.94. The number of nitrogens with zero attached hydrogens (tertiary/aromatic N) is 4. The van der Waals surface area contributed by atoms with Crippen LogP contribution >= 0.6 is 23.1 Å². The molecule has 0 aliphatic carbocycles. The molecule has 0 spiro atoms. The Kier molecular flexibility index (Phi) is 9.23. The Morgan fingerprint density at radius 1 is 1.24 bits per heavy atom. The van der Waals surface area contributed by atoms with E-state index in [-0.39, 0.29) is 41.6 Å². The van der Waals surface area contributed by atoms with Gasteiger partial charge in [0.1, 0.15) is 33.5 Å². The average Bonchev–Trinajstić information content (AvgIpc) is 3.40. The SMILES string of the molecule is COc1ccc(CN(c2cnns2)S(=O)(=O)c2cc(Cl)c(N(CCCC=O)C(=O)O)cc2F)c(OC)c1. The highest BCUT2D eigenvalue weighted by Crippen LogP contribution is 2.36. The van der Waals surface area contributed by atoms with E-state index in [9.17, 15) is 23.1 Å². The van der Waals surface area contributed by atoms with Crippen molar-refractivity contribution in [2.24, 2.45) is 0 Å². The van der Waals surface area contributed by atoms with Crippen molar-refractivity contribution in [3.8, 4) is 11.5 Å². The van der Waals surface area contributed by atoms with Gasteiger partial charge in [0.25, 0.3) is 10.0 Å². The van der Waals surface area contributed by atoms with Gasteiger partial charge >= 0.3 is 6.09 Å². The third-order valence-corrected chi connectivity index (χ3v) is 8.08. The molecule has 0 bridgehead atoms. The van der Waals surface area contributed by atoms with E-state index in [1.807, 2.05) is 0 Å². The minimum absolute atomic E-state index is 0.0863. The van der Waals surface area contributed by atoms with E-state index in [0.717, 1.165) is 32.9 Å². The van der Waals surface area contributed by atoms with E-state index in [1.54, 1.807) is 18.2 Å². The van der Waals surface area contributed by atoms with Crippen LogP contribution in [0.1, 0.15) is 18.4 Å². The van der Waals surface area contributed by atoms with E-state index >= 15 is 4.39 Å². The number of carbonyl (C=O) groups is 2. The zero-order valence-electron chi connectivity index (χ0n) is 19.6. The first kappa shape index (κ1) is 28.1. The highest BCUT2D eigenvalue weighted by Gasteiger charge is 2.32. The Balaban J connectivity index is 2.06. The molecule has 3 rings (SSSR count). The Hall–Kier alpha value is -3.49. The number of hydrogen-bond donors (Lipinski definition) is 1. The standard InChI is InChI=1S/C22H22ClFN4O7S2/c1-34-15-6-5-14(19(9-15)35-2)13-28(21-12-25-26-36-21)37(32,33)20-10-16(23)18(11-17(20)24)27(22(30)31)7-3-4-8-29/h5-6,8-12H,3-4,7,13H2,1-2H3,(H,30,31). The maximum absolute atomic E-state index is 15.3. The van der Waals surface area contributed by atoms with Gasteiger partial charge in [-0.25, -0.2) is 21.9 Å². The van der Waals surface area contributed by atoms with E-state index in [1.165, 1.54) is 20.4 Å². The number of benzene rings is 2. The molecule has 198 valence electrons. The second kappa shape index (κ2) is 12.2. The molecule has 11 nitrogen and oxygen atoms in total. The van der Waals surface area contributed by atoms with Crippen molar-refractivity contribution in [2.75, 3.05) is 30.0 Å². The smallest absolute Gasteiger partial charge is 0.411 e. The first-order valence-electron chi connectivity index (χ1n) is 10.6. The summed E-state index contributed by atoms with van der Waals surface area (Å²) in [5, 5.41) is 13.0. The van der Waals surface area contributed by atoms with Crippen molar-refractivity contribution < 1.29 is 37.0 Å². The number of methoxy groups -OCH3 is 2. The topological polar surface area (TPSA) is 139 Å². The summed E-state index contributed by atoms with van der Waals surface area (Å²) in [6, 6.07) is 6.38. The number of carboxylic acid groups (broad SMARTS) is 1. The normalized spacial score (nSPS) is 11.1. The average molecular weight is 573 g/mol. The summed E-state index contributed by atoms with van der Waals surface area (Å²) in [5.74, 6) is -0.400. The Morgan fingerprint density at radius 2 is 2.00 bits per heavy atom. The molecule has 1 heterocycles. The molecule has 0 aliphatic heterocycles. The van der Waals surface area contributed by atoms with E-state index in [4.69, 9.17) is 21.1 Å². The number of amides is 1. The molecule has 3 aromatic rings. The van der Waals surface area contributed by atoms with Crippen LogP contribution in [0.4, 0.5) is 19.9 Å². The lowest BCUT2D eigenvalue weighted by Gasteiger charge is -2.25. The lowest BCUT2D eigenvalue weighted by molar-refractivity contribution is -0.107. The van der Waals surface area contributed by atoms with Gasteiger partial charge in [0.15, 0.2) is 0 Å². The summed E-state index contributed by atoms with van der Waals surface area (Å²) >= 11 is 7.03. The van der Waals surface area contributed by atoms with E-state index in [0.29, 0.717) is 23.3 Å². The summed E-state index contributed by atoms with van der Waals surface area (Å²) in [4.78, 5) is 22.3. The predicted octanol–water partition coefficient (Wildman–Crippen LogP) is 4.21. The molecule has 37 heavy (non-hydrogen) atoms. The van der Waals surface area contributed by atoms with Crippen molar-refractivity contribution in [3.05, 3.63) is 52.9 Å². The summed E-state index contributed by atoms with van der Waals surface area (Å²) < 4.78 is 57.9. The van der Waals surface area contributed by atoms with Gasteiger partial charge in [-0.3, -0.25) is 4.90 Å². The summed E-state index contributed by atoms with van der Waals surface area (Å²) in [6.45, 7) is -0.416. The fourth-order valence-electron chi connectivity index (χ4n) is 3.38. The number of aldehydes is 1. The molecule has 1 amide bonds. The Bertz CT molecular complexity index is 1370. The molecular weight excluding hydrogens is 551 g/mol. The molecule has 15 heteroatoms. The largest absolute Gasteiger partial charge is 0.497 e. The van der Waals surface area contributed by atoms with Crippen LogP contribution in [0.2, 0.25) is 5.02 Å². The van der Waals surface area contributed by atoms with Crippen molar-refractivity contribution in [1.29, 1.82) is 0 Å². The lowest BCUT2D eigenvalue weighted by Crippen LogP contribution is -2.32. The third kappa shape index (κ3) is 6.26. The first-order chi connectivity index (χ1) is 17.6. The van der Waals surface area contributed by atoms with Gasteiger partial charge in [-0.05, 0) is 24.6 Å². The molecule has 0 saturated heterocycles. The van der Waals surface area contributed by atoms with Gasteiger partial charge in [0.2, 0.25) is 0 Å². The van der Waals surface area contributed by atoms with Crippen molar-refractivity contribution in [2.45, 2.75) is 24.3 Å². The zero-order chi connectivity index (χ0) is 27.2. The fraction of sp³-hybridized carbons (Fsp3) is 0.273. The maximum Gasteiger partial charge on any atom is 0.411 e. The van der Waals surface area contributed by atoms with Crippen LogP contribution in [-0.2, 0) is 21.4 Å². The van der Waals surface area contributed by atoms with Gasteiger partial charge in [-0.2, -0.15) is 0 Å². The van der Waals surface area contributed by atoms with Crippen LogP contribution in [-0.4, -0.2) is 56.3 Å². The summed E-state index contributed by atoms with van der Waals surface area (Å²) in [7, 11) is -1.71. The Labute approximate surface area is 221 Å². The second-order valence-electron chi connectivity index (χ2n) is 7.42. The molecule has 1 N–H and O–H groups in total. The Morgan fingerprint density at radius 3 is 2.59 bits per heavy atom.